The van der Waals surface area contributed by atoms with Crippen LogP contribution < -0.4 is 9.47 Å². The van der Waals surface area contributed by atoms with E-state index >= 15 is 0 Å². The molecule has 17 heavy (non-hydrogen) atoms. The summed E-state index contributed by atoms with van der Waals surface area (Å²) in [5.41, 5.74) is 2.12. The summed E-state index contributed by atoms with van der Waals surface area (Å²) < 4.78 is 10.9. The number of pyridine rings is 1. The van der Waals surface area contributed by atoms with Crippen LogP contribution in [0.15, 0.2) is 42.7 Å². The van der Waals surface area contributed by atoms with E-state index in [9.17, 15) is 0 Å². The molecule has 0 amide bonds. The van der Waals surface area contributed by atoms with Gasteiger partial charge in [-0.05, 0) is 36.8 Å². The maximum Gasteiger partial charge on any atom is 0.122 e. The molecule has 0 unspecified atom stereocenters. The summed E-state index contributed by atoms with van der Waals surface area (Å²) in [6.45, 7) is 2.52. The first-order chi connectivity index (χ1) is 8.29. The van der Waals surface area contributed by atoms with E-state index in [1.807, 2.05) is 37.3 Å². The highest BCUT2D eigenvalue weighted by Gasteiger charge is 2.01. The van der Waals surface area contributed by atoms with Crippen molar-refractivity contribution >= 4 is 0 Å². The third-order valence-corrected chi connectivity index (χ3v) is 2.49. The van der Waals surface area contributed by atoms with Gasteiger partial charge in [-0.2, -0.15) is 0 Å². The molecule has 2 rings (SSSR count). The normalized spacial score (nSPS) is 10.0. The molecular formula is C14H15NO2. The zero-order valence-corrected chi connectivity index (χ0v) is 10.0. The van der Waals surface area contributed by atoms with E-state index in [-0.39, 0.29) is 0 Å². The van der Waals surface area contributed by atoms with Crippen LogP contribution in [0.2, 0.25) is 0 Å². The quantitative estimate of drug-likeness (QED) is 0.807. The summed E-state index contributed by atoms with van der Waals surface area (Å²) in [5, 5.41) is 0. The predicted octanol–water partition coefficient (Wildman–Crippen LogP) is 2.98. The Morgan fingerprint density at radius 2 is 2.12 bits per heavy atom. The van der Waals surface area contributed by atoms with E-state index < -0.39 is 0 Å². The van der Waals surface area contributed by atoms with Gasteiger partial charge in [0, 0.05) is 18.0 Å². The average molecular weight is 229 g/mol. The lowest BCUT2D eigenvalue weighted by Gasteiger charge is -2.09. The summed E-state index contributed by atoms with van der Waals surface area (Å²) in [6, 6.07) is 9.67. The number of hydrogen-bond acceptors (Lipinski definition) is 3. The van der Waals surface area contributed by atoms with Crippen molar-refractivity contribution in [3.63, 3.8) is 0 Å². The van der Waals surface area contributed by atoms with Crippen molar-refractivity contribution in [2.75, 3.05) is 7.11 Å². The van der Waals surface area contributed by atoms with Crippen molar-refractivity contribution < 1.29 is 9.47 Å². The molecule has 0 aliphatic rings. The van der Waals surface area contributed by atoms with Crippen LogP contribution in [-0.2, 0) is 6.61 Å². The molecule has 1 heterocycles. The largest absolute Gasteiger partial charge is 0.496 e. The van der Waals surface area contributed by atoms with Gasteiger partial charge in [-0.15, -0.1) is 0 Å². The lowest BCUT2D eigenvalue weighted by molar-refractivity contribution is 0.304. The minimum absolute atomic E-state index is 0.527. The fraction of sp³-hybridized carbons (Fsp3) is 0.214. The molecule has 3 nitrogen and oxygen atoms in total. The van der Waals surface area contributed by atoms with Crippen LogP contribution in [0.25, 0.3) is 0 Å². The van der Waals surface area contributed by atoms with Crippen LogP contribution in [-0.4, -0.2) is 12.1 Å². The highest BCUT2D eigenvalue weighted by Crippen LogP contribution is 2.23. The van der Waals surface area contributed by atoms with Gasteiger partial charge in [0.2, 0.25) is 0 Å². The smallest absolute Gasteiger partial charge is 0.122 e. The number of aryl methyl sites for hydroxylation is 1. The van der Waals surface area contributed by atoms with Crippen LogP contribution in [0.5, 0.6) is 11.5 Å². The number of methoxy groups -OCH3 is 1. The number of ether oxygens (including phenoxy) is 2. The Labute approximate surface area is 101 Å². The van der Waals surface area contributed by atoms with E-state index in [0.29, 0.717) is 6.61 Å². The summed E-state index contributed by atoms with van der Waals surface area (Å²) in [5.74, 6) is 1.71. The Balaban J connectivity index is 2.02. The summed E-state index contributed by atoms with van der Waals surface area (Å²) in [7, 11) is 1.67. The highest BCUT2D eigenvalue weighted by atomic mass is 16.5. The first-order valence-electron chi connectivity index (χ1n) is 5.46. The molecule has 3 heteroatoms. The zero-order chi connectivity index (χ0) is 12.1. The standard InChI is InChI=1S/C14H15NO2/c1-11-8-13(5-6-14(11)16-2)17-10-12-4-3-7-15-9-12/h3-9H,10H2,1-2H3. The average Bonchev–Trinajstić information content (AvgIpc) is 2.38. The number of hydrogen-bond donors (Lipinski definition) is 0. The van der Waals surface area contributed by atoms with Gasteiger partial charge in [0.25, 0.3) is 0 Å². The van der Waals surface area contributed by atoms with Gasteiger partial charge in [0.05, 0.1) is 7.11 Å². The molecule has 88 valence electrons. The van der Waals surface area contributed by atoms with E-state index in [4.69, 9.17) is 9.47 Å². The molecule has 0 radical (unpaired) electrons. The molecule has 0 saturated carbocycles. The summed E-state index contributed by atoms with van der Waals surface area (Å²) in [4.78, 5) is 4.04. The lowest BCUT2D eigenvalue weighted by atomic mass is 10.2. The Bertz CT molecular complexity index is 483. The molecule has 0 bridgehead atoms. The maximum absolute atomic E-state index is 5.68. The van der Waals surface area contributed by atoms with Crippen LogP contribution in [0.3, 0.4) is 0 Å². The van der Waals surface area contributed by atoms with Crippen molar-refractivity contribution in [1.29, 1.82) is 0 Å². The van der Waals surface area contributed by atoms with Crippen molar-refractivity contribution in [1.82, 2.24) is 4.98 Å². The van der Waals surface area contributed by atoms with E-state index in [2.05, 4.69) is 4.98 Å². The van der Waals surface area contributed by atoms with Crippen LogP contribution in [0.1, 0.15) is 11.1 Å². The molecule has 1 aromatic heterocycles. The van der Waals surface area contributed by atoms with Gasteiger partial charge < -0.3 is 9.47 Å². The second kappa shape index (κ2) is 5.34. The maximum atomic E-state index is 5.68. The van der Waals surface area contributed by atoms with Gasteiger partial charge in [-0.3, -0.25) is 4.98 Å². The molecule has 0 atom stereocenters. The van der Waals surface area contributed by atoms with Crippen LogP contribution in [0, 0.1) is 6.92 Å². The Morgan fingerprint density at radius 3 is 2.76 bits per heavy atom. The first kappa shape index (κ1) is 11.5. The molecule has 0 aliphatic carbocycles. The van der Waals surface area contributed by atoms with Crippen molar-refractivity contribution in [2.45, 2.75) is 13.5 Å². The van der Waals surface area contributed by atoms with Gasteiger partial charge in [-0.1, -0.05) is 6.07 Å². The third kappa shape index (κ3) is 2.97. The van der Waals surface area contributed by atoms with Gasteiger partial charge in [0.1, 0.15) is 18.1 Å². The van der Waals surface area contributed by atoms with Gasteiger partial charge in [0.15, 0.2) is 0 Å². The Hall–Kier alpha value is -2.03. The third-order valence-electron chi connectivity index (χ3n) is 2.49. The number of rotatable bonds is 4. The Morgan fingerprint density at radius 1 is 1.24 bits per heavy atom. The SMILES string of the molecule is COc1ccc(OCc2cccnc2)cc1C. The molecule has 0 spiro atoms. The topological polar surface area (TPSA) is 31.4 Å². The molecule has 0 saturated heterocycles. The predicted molar refractivity (Wildman–Crippen MR) is 66.3 cm³/mol. The monoisotopic (exact) mass is 229 g/mol. The van der Waals surface area contributed by atoms with Crippen LogP contribution in [0.4, 0.5) is 0 Å². The fourth-order valence-corrected chi connectivity index (χ4v) is 1.59. The minimum atomic E-state index is 0.527. The summed E-state index contributed by atoms with van der Waals surface area (Å²) >= 11 is 0. The van der Waals surface area contributed by atoms with Gasteiger partial charge >= 0.3 is 0 Å². The van der Waals surface area contributed by atoms with E-state index in [0.717, 1.165) is 22.6 Å². The second-order valence-electron chi connectivity index (χ2n) is 3.78. The van der Waals surface area contributed by atoms with Crippen molar-refractivity contribution in [2.24, 2.45) is 0 Å². The fourth-order valence-electron chi connectivity index (χ4n) is 1.59. The highest BCUT2D eigenvalue weighted by molar-refractivity contribution is 5.39. The first-order valence-corrected chi connectivity index (χ1v) is 5.46. The number of aromatic nitrogens is 1. The second-order valence-corrected chi connectivity index (χ2v) is 3.78. The summed E-state index contributed by atoms with van der Waals surface area (Å²) in [6.07, 6.45) is 3.55. The minimum Gasteiger partial charge on any atom is -0.496 e. The van der Waals surface area contributed by atoms with Gasteiger partial charge in [-0.25, -0.2) is 0 Å². The molecule has 0 fully saturated rings. The van der Waals surface area contributed by atoms with E-state index in [1.54, 1.807) is 19.5 Å². The lowest BCUT2D eigenvalue weighted by Crippen LogP contribution is -1.96. The Kier molecular flexibility index (Phi) is 3.60. The zero-order valence-electron chi connectivity index (χ0n) is 10.0. The van der Waals surface area contributed by atoms with Crippen LogP contribution >= 0.6 is 0 Å². The molecule has 2 aromatic rings. The molecular weight excluding hydrogens is 214 g/mol. The number of nitrogens with zero attached hydrogens (tertiary/aromatic N) is 1. The van der Waals surface area contributed by atoms with Crippen molar-refractivity contribution in [3.05, 3.63) is 53.9 Å². The van der Waals surface area contributed by atoms with Crippen molar-refractivity contribution in [3.8, 4) is 11.5 Å². The number of benzene rings is 1. The molecule has 0 N–H and O–H groups in total. The molecule has 1 aromatic carbocycles. The molecule has 0 aliphatic heterocycles. The van der Waals surface area contributed by atoms with E-state index in [1.165, 1.54) is 0 Å².